The lowest BCUT2D eigenvalue weighted by Gasteiger charge is -2.10. The van der Waals surface area contributed by atoms with Gasteiger partial charge in [-0.1, -0.05) is 0 Å². The van der Waals surface area contributed by atoms with Crippen molar-refractivity contribution in [3.8, 4) is 0 Å². The number of nitrogens with one attached hydrogen (secondary N) is 1. The number of rotatable bonds is 5. The van der Waals surface area contributed by atoms with E-state index in [0.717, 1.165) is 6.07 Å². The highest BCUT2D eigenvalue weighted by Gasteiger charge is 2.12. The van der Waals surface area contributed by atoms with Gasteiger partial charge >= 0.3 is 0 Å². The van der Waals surface area contributed by atoms with Gasteiger partial charge in [-0.2, -0.15) is 0 Å². The molecule has 0 saturated heterocycles. The average molecular weight is 296 g/mol. The van der Waals surface area contributed by atoms with Crippen LogP contribution in [0.2, 0.25) is 0 Å². The Morgan fingerprint density at radius 2 is 2.06 bits per heavy atom. The fourth-order valence-corrected chi connectivity index (χ4v) is 1.53. The van der Waals surface area contributed by atoms with Crippen LogP contribution in [0.3, 0.4) is 0 Å². The summed E-state index contributed by atoms with van der Waals surface area (Å²) in [6, 6.07) is 2.45. The molecule has 0 bridgehead atoms. The lowest BCUT2D eigenvalue weighted by Crippen LogP contribution is -2.29. The van der Waals surface area contributed by atoms with Crippen LogP contribution < -0.4 is 5.32 Å². The minimum absolute atomic E-state index is 0.0475. The van der Waals surface area contributed by atoms with Crippen molar-refractivity contribution in [1.82, 2.24) is 5.32 Å². The van der Waals surface area contributed by atoms with Crippen molar-refractivity contribution >= 4 is 15.9 Å². The van der Waals surface area contributed by atoms with Crippen LogP contribution in [-0.2, 0) is 6.54 Å². The number of benzene rings is 1. The molecule has 0 aliphatic carbocycles. The maximum absolute atomic E-state index is 13.4. The van der Waals surface area contributed by atoms with Crippen molar-refractivity contribution in [1.29, 1.82) is 0 Å². The molecule has 1 unspecified atom stereocenters. The zero-order chi connectivity index (χ0) is 12.1. The minimum atomic E-state index is -0.932. The van der Waals surface area contributed by atoms with Gasteiger partial charge in [0.25, 0.3) is 0 Å². The minimum Gasteiger partial charge on any atom is -0.394 e. The quantitative estimate of drug-likeness (QED) is 0.715. The average Bonchev–Trinajstić information content (AvgIpc) is 2.28. The van der Waals surface area contributed by atoms with E-state index in [1.54, 1.807) is 0 Å². The van der Waals surface area contributed by atoms with Crippen LogP contribution in [0.25, 0.3) is 0 Å². The summed E-state index contributed by atoms with van der Waals surface area (Å²) in [5, 5.41) is 20.2. The zero-order valence-corrected chi connectivity index (χ0v) is 9.97. The number of aliphatic hydroxyl groups is 2. The second-order valence-electron chi connectivity index (χ2n) is 3.29. The van der Waals surface area contributed by atoms with Crippen LogP contribution in [0.4, 0.5) is 8.78 Å². The Hall–Kier alpha value is -0.560. The second-order valence-corrected chi connectivity index (χ2v) is 4.14. The number of halogens is 3. The molecule has 0 fully saturated rings. The molecular formula is C10H12BrF2NO2. The van der Waals surface area contributed by atoms with Gasteiger partial charge in [-0.25, -0.2) is 8.78 Å². The van der Waals surface area contributed by atoms with E-state index >= 15 is 0 Å². The molecule has 6 heteroatoms. The van der Waals surface area contributed by atoms with Gasteiger partial charge in [0, 0.05) is 18.7 Å². The highest BCUT2D eigenvalue weighted by atomic mass is 79.9. The summed E-state index contributed by atoms with van der Waals surface area (Å²) >= 11 is 2.96. The molecule has 1 atom stereocenters. The number of aliphatic hydroxyl groups excluding tert-OH is 2. The first-order valence-electron chi connectivity index (χ1n) is 4.68. The second kappa shape index (κ2) is 6.24. The van der Waals surface area contributed by atoms with Gasteiger partial charge in [0.05, 0.1) is 17.2 Å². The van der Waals surface area contributed by atoms with Crippen molar-refractivity contribution in [3.05, 3.63) is 33.8 Å². The van der Waals surface area contributed by atoms with E-state index in [4.69, 9.17) is 10.2 Å². The topological polar surface area (TPSA) is 52.5 Å². The van der Waals surface area contributed by atoms with Crippen LogP contribution in [-0.4, -0.2) is 29.5 Å². The van der Waals surface area contributed by atoms with Crippen molar-refractivity contribution in [2.24, 2.45) is 0 Å². The predicted molar refractivity (Wildman–Crippen MR) is 58.9 cm³/mol. The maximum Gasteiger partial charge on any atom is 0.144 e. The fraction of sp³-hybridized carbons (Fsp3) is 0.400. The van der Waals surface area contributed by atoms with E-state index in [2.05, 4.69) is 21.2 Å². The monoisotopic (exact) mass is 295 g/mol. The lowest BCUT2D eigenvalue weighted by atomic mass is 10.2. The maximum atomic E-state index is 13.4. The van der Waals surface area contributed by atoms with Crippen molar-refractivity contribution in [3.63, 3.8) is 0 Å². The van der Waals surface area contributed by atoms with Crippen molar-refractivity contribution in [2.75, 3.05) is 13.2 Å². The van der Waals surface area contributed by atoms with Gasteiger partial charge in [-0.15, -0.1) is 0 Å². The molecule has 1 rings (SSSR count). The Balaban J connectivity index is 2.63. The Morgan fingerprint density at radius 3 is 2.69 bits per heavy atom. The van der Waals surface area contributed by atoms with Gasteiger partial charge in [-0.05, 0) is 28.1 Å². The molecule has 0 aliphatic rings. The fourth-order valence-electron chi connectivity index (χ4n) is 1.16. The van der Waals surface area contributed by atoms with E-state index in [0.29, 0.717) is 0 Å². The summed E-state index contributed by atoms with van der Waals surface area (Å²) in [5.41, 5.74) is -0.0977. The van der Waals surface area contributed by atoms with Crippen LogP contribution in [0.15, 0.2) is 16.6 Å². The molecule has 0 radical (unpaired) electrons. The molecule has 0 saturated carbocycles. The lowest BCUT2D eigenvalue weighted by molar-refractivity contribution is 0.0941. The van der Waals surface area contributed by atoms with Gasteiger partial charge in [0.2, 0.25) is 0 Å². The standard InChI is InChI=1S/C10H12BrF2NO2/c11-8-1-2-9(12)7(10(8)13)4-14-3-6(16)5-15/h1-2,6,14-16H,3-5H2. The van der Waals surface area contributed by atoms with Crippen LogP contribution in [0, 0.1) is 11.6 Å². The Morgan fingerprint density at radius 1 is 1.38 bits per heavy atom. The summed E-state index contributed by atoms with van der Waals surface area (Å²) < 4.78 is 26.8. The smallest absolute Gasteiger partial charge is 0.144 e. The highest BCUT2D eigenvalue weighted by molar-refractivity contribution is 9.10. The summed E-state index contributed by atoms with van der Waals surface area (Å²) in [6.45, 7) is -0.369. The SMILES string of the molecule is OCC(O)CNCc1c(F)ccc(Br)c1F. The summed E-state index contributed by atoms with van der Waals surface area (Å²) in [4.78, 5) is 0. The molecule has 0 amide bonds. The van der Waals surface area contributed by atoms with E-state index in [9.17, 15) is 8.78 Å². The molecule has 3 N–H and O–H groups in total. The van der Waals surface area contributed by atoms with Gasteiger partial charge in [-0.3, -0.25) is 0 Å². The summed E-state index contributed by atoms with van der Waals surface area (Å²) in [7, 11) is 0. The molecule has 1 aromatic rings. The third-order valence-electron chi connectivity index (χ3n) is 2.03. The van der Waals surface area contributed by atoms with Gasteiger partial charge in [0.1, 0.15) is 11.6 Å². The third kappa shape index (κ3) is 3.48. The van der Waals surface area contributed by atoms with E-state index in [1.807, 2.05) is 0 Å². The van der Waals surface area contributed by atoms with Gasteiger partial charge in [0.15, 0.2) is 0 Å². The number of hydrogen-bond acceptors (Lipinski definition) is 3. The Labute approximate surface area is 100 Å². The number of hydrogen-bond donors (Lipinski definition) is 3. The van der Waals surface area contributed by atoms with Crippen LogP contribution >= 0.6 is 15.9 Å². The van der Waals surface area contributed by atoms with Crippen LogP contribution in [0.5, 0.6) is 0 Å². The first-order chi connectivity index (χ1) is 7.56. The highest BCUT2D eigenvalue weighted by Crippen LogP contribution is 2.21. The largest absolute Gasteiger partial charge is 0.394 e. The molecule has 0 spiro atoms. The molecular weight excluding hydrogens is 284 g/mol. The third-order valence-corrected chi connectivity index (χ3v) is 2.64. The molecule has 3 nitrogen and oxygen atoms in total. The van der Waals surface area contributed by atoms with E-state index in [-0.39, 0.29) is 23.1 Å². The first kappa shape index (κ1) is 13.5. The summed E-state index contributed by atoms with van der Waals surface area (Å²) in [6.07, 6.45) is -0.932. The van der Waals surface area contributed by atoms with Crippen molar-refractivity contribution < 1.29 is 19.0 Å². The molecule has 0 aliphatic heterocycles. The zero-order valence-electron chi connectivity index (χ0n) is 8.38. The predicted octanol–water partition coefficient (Wildman–Crippen LogP) is 1.17. The Bertz CT molecular complexity index is 363. The van der Waals surface area contributed by atoms with Crippen molar-refractivity contribution in [2.45, 2.75) is 12.6 Å². The molecule has 16 heavy (non-hydrogen) atoms. The molecule has 1 aromatic carbocycles. The normalized spacial score (nSPS) is 12.8. The molecule has 0 heterocycles. The molecule has 90 valence electrons. The Kier molecular flexibility index (Phi) is 5.27. The van der Waals surface area contributed by atoms with E-state index < -0.39 is 24.3 Å². The van der Waals surface area contributed by atoms with E-state index in [1.165, 1.54) is 6.07 Å². The molecule has 0 aromatic heterocycles. The van der Waals surface area contributed by atoms with Crippen LogP contribution in [0.1, 0.15) is 5.56 Å². The summed E-state index contributed by atoms with van der Waals surface area (Å²) in [5.74, 6) is -1.31. The first-order valence-corrected chi connectivity index (χ1v) is 5.47. The van der Waals surface area contributed by atoms with Gasteiger partial charge < -0.3 is 15.5 Å².